The molecule has 21 heavy (non-hydrogen) atoms. The maximum absolute atomic E-state index is 12.2. The second-order valence-electron chi connectivity index (χ2n) is 6.27. The minimum Gasteiger partial charge on any atom is -0.380 e. The normalized spacial score (nSPS) is 18.8. The number of amides is 1. The van der Waals surface area contributed by atoms with Crippen LogP contribution in [-0.2, 0) is 14.3 Å². The average Bonchev–Trinajstić information content (AvgIpc) is 2.90. The first-order valence-corrected chi connectivity index (χ1v) is 8.07. The zero-order chi connectivity index (χ0) is 15.8. The Balaban J connectivity index is 2.26. The monoisotopic (exact) mass is 298 g/mol. The van der Waals surface area contributed by atoms with E-state index in [1.165, 1.54) is 0 Å². The van der Waals surface area contributed by atoms with Gasteiger partial charge in [-0.05, 0) is 12.8 Å². The van der Waals surface area contributed by atoms with Crippen LogP contribution in [0, 0.1) is 5.92 Å². The van der Waals surface area contributed by atoms with Gasteiger partial charge in [0.05, 0.1) is 25.7 Å². The Morgan fingerprint density at radius 1 is 1.24 bits per heavy atom. The Morgan fingerprint density at radius 2 is 1.95 bits per heavy atom. The quantitative estimate of drug-likeness (QED) is 0.657. The summed E-state index contributed by atoms with van der Waals surface area (Å²) in [6.45, 7) is 10.5. The van der Waals surface area contributed by atoms with E-state index in [2.05, 4.69) is 19.2 Å². The molecule has 1 saturated heterocycles. The molecule has 1 aliphatic rings. The Kier molecular flexibility index (Phi) is 7.89. The van der Waals surface area contributed by atoms with Crippen LogP contribution >= 0.6 is 0 Å². The van der Waals surface area contributed by atoms with Crippen molar-refractivity contribution in [1.29, 1.82) is 0 Å². The van der Waals surface area contributed by atoms with E-state index in [1.54, 1.807) is 4.90 Å². The van der Waals surface area contributed by atoms with Crippen LogP contribution in [0.5, 0.6) is 0 Å². The third-order valence-electron chi connectivity index (χ3n) is 3.73. The maximum atomic E-state index is 12.2. The van der Waals surface area contributed by atoms with Gasteiger partial charge in [0.25, 0.3) is 0 Å². The molecule has 122 valence electrons. The van der Waals surface area contributed by atoms with Gasteiger partial charge in [-0.15, -0.1) is 0 Å². The van der Waals surface area contributed by atoms with Crippen molar-refractivity contribution in [1.82, 2.24) is 10.2 Å². The number of ether oxygens (including phenoxy) is 1. The second-order valence-corrected chi connectivity index (χ2v) is 6.27. The van der Waals surface area contributed by atoms with Crippen LogP contribution < -0.4 is 5.32 Å². The first-order valence-electron chi connectivity index (χ1n) is 8.07. The Bertz CT molecular complexity index is 342. The number of carbonyl (C=O) groups is 2. The van der Waals surface area contributed by atoms with Crippen molar-refractivity contribution in [2.75, 3.05) is 26.3 Å². The lowest BCUT2D eigenvalue weighted by atomic mass is 10.00. The molecule has 0 spiro atoms. The molecule has 1 atom stereocenters. The number of Topliss-reactive ketones (excluding diaryl/α,β-unsaturated/α-hetero) is 1. The van der Waals surface area contributed by atoms with E-state index in [4.69, 9.17) is 4.74 Å². The van der Waals surface area contributed by atoms with Gasteiger partial charge in [-0.1, -0.05) is 27.7 Å². The highest BCUT2D eigenvalue weighted by Gasteiger charge is 2.34. The predicted molar refractivity (Wildman–Crippen MR) is 83.2 cm³/mol. The molecule has 0 aliphatic carbocycles. The molecular weight excluding hydrogens is 268 g/mol. The Hall–Kier alpha value is -0.940. The molecule has 1 heterocycles. The van der Waals surface area contributed by atoms with Gasteiger partial charge >= 0.3 is 0 Å². The maximum Gasteiger partial charge on any atom is 0.225 e. The molecule has 1 unspecified atom stereocenters. The van der Waals surface area contributed by atoms with E-state index in [1.807, 2.05) is 13.8 Å². The lowest BCUT2D eigenvalue weighted by Gasteiger charge is -2.25. The summed E-state index contributed by atoms with van der Waals surface area (Å²) < 4.78 is 5.46. The lowest BCUT2D eigenvalue weighted by Crippen LogP contribution is -2.42. The fourth-order valence-electron chi connectivity index (χ4n) is 2.57. The molecule has 0 aromatic carbocycles. The smallest absolute Gasteiger partial charge is 0.225 e. The molecule has 1 fully saturated rings. The summed E-state index contributed by atoms with van der Waals surface area (Å²) in [4.78, 5) is 26.1. The molecule has 5 heteroatoms. The molecule has 0 bridgehead atoms. The molecule has 5 nitrogen and oxygen atoms in total. The predicted octanol–water partition coefficient (Wildman–Crippen LogP) is 1.61. The molecule has 0 aromatic heterocycles. The number of hydrogen-bond donors (Lipinski definition) is 1. The van der Waals surface area contributed by atoms with Gasteiger partial charge in [0.1, 0.15) is 0 Å². The summed E-state index contributed by atoms with van der Waals surface area (Å²) >= 11 is 0. The second kappa shape index (κ2) is 9.15. The van der Waals surface area contributed by atoms with E-state index in [9.17, 15) is 9.59 Å². The Labute approximate surface area is 128 Å². The summed E-state index contributed by atoms with van der Waals surface area (Å²) in [5.41, 5.74) is 0. The van der Waals surface area contributed by atoms with Crippen LogP contribution in [0.4, 0.5) is 0 Å². The van der Waals surface area contributed by atoms with Crippen molar-refractivity contribution in [3.05, 3.63) is 0 Å². The highest BCUT2D eigenvalue weighted by atomic mass is 16.5. The van der Waals surface area contributed by atoms with Crippen LogP contribution in [0.3, 0.4) is 0 Å². The Morgan fingerprint density at radius 3 is 2.57 bits per heavy atom. The third kappa shape index (κ3) is 6.14. The molecule has 0 radical (unpaired) electrons. The lowest BCUT2D eigenvalue weighted by molar-refractivity contribution is -0.139. The van der Waals surface area contributed by atoms with Crippen LogP contribution in [-0.4, -0.2) is 55.0 Å². The summed E-state index contributed by atoms with van der Waals surface area (Å²) in [5, 5.41) is 3.26. The van der Waals surface area contributed by atoms with E-state index < -0.39 is 0 Å². The number of carbonyl (C=O) groups excluding carboxylic acids is 2. The highest BCUT2D eigenvalue weighted by molar-refractivity contribution is 5.90. The number of rotatable bonds is 9. The van der Waals surface area contributed by atoms with E-state index >= 15 is 0 Å². The minimum absolute atomic E-state index is 0.0123. The number of likely N-dealkylation sites (tertiary alicyclic amines) is 1. The fraction of sp³-hybridized carbons (Fsp3) is 0.875. The first kappa shape index (κ1) is 18.1. The topological polar surface area (TPSA) is 58.6 Å². The van der Waals surface area contributed by atoms with Gasteiger partial charge < -0.3 is 15.0 Å². The van der Waals surface area contributed by atoms with Crippen molar-refractivity contribution in [2.45, 2.75) is 59.0 Å². The molecule has 0 saturated carbocycles. The number of hydrogen-bond acceptors (Lipinski definition) is 4. The number of ketones is 1. The van der Waals surface area contributed by atoms with Gasteiger partial charge in [0, 0.05) is 25.0 Å². The number of nitrogens with one attached hydrogen (secondary N) is 1. The van der Waals surface area contributed by atoms with Gasteiger partial charge in [0.15, 0.2) is 5.78 Å². The third-order valence-corrected chi connectivity index (χ3v) is 3.73. The van der Waals surface area contributed by atoms with E-state index in [0.717, 1.165) is 19.4 Å². The molecule has 1 rings (SSSR count). The van der Waals surface area contributed by atoms with E-state index in [-0.39, 0.29) is 23.7 Å². The molecule has 1 aliphatic heterocycles. The van der Waals surface area contributed by atoms with Crippen molar-refractivity contribution in [3.8, 4) is 0 Å². The average molecular weight is 298 g/mol. The van der Waals surface area contributed by atoms with Crippen molar-refractivity contribution >= 4 is 11.7 Å². The molecular formula is C16H30N2O3. The van der Waals surface area contributed by atoms with Crippen molar-refractivity contribution in [3.63, 3.8) is 0 Å². The summed E-state index contributed by atoms with van der Waals surface area (Å²) in [6, 6.07) is 0.239. The molecule has 1 N–H and O–H groups in total. The molecule has 0 aromatic rings. The zero-order valence-corrected chi connectivity index (χ0v) is 13.9. The van der Waals surface area contributed by atoms with Gasteiger partial charge in [-0.2, -0.15) is 0 Å². The van der Waals surface area contributed by atoms with Crippen LogP contribution in [0.2, 0.25) is 0 Å². The van der Waals surface area contributed by atoms with Crippen molar-refractivity contribution < 1.29 is 14.3 Å². The summed E-state index contributed by atoms with van der Waals surface area (Å²) in [5.74, 6) is 0.216. The fourth-order valence-corrected chi connectivity index (χ4v) is 2.57. The van der Waals surface area contributed by atoms with Gasteiger partial charge in [-0.3, -0.25) is 9.59 Å². The number of nitrogens with zero attached hydrogens (tertiary/aromatic N) is 1. The van der Waals surface area contributed by atoms with Crippen LogP contribution in [0.25, 0.3) is 0 Å². The minimum atomic E-state index is -0.208. The van der Waals surface area contributed by atoms with Gasteiger partial charge in [0.2, 0.25) is 5.91 Å². The highest BCUT2D eigenvalue weighted by Crippen LogP contribution is 2.21. The van der Waals surface area contributed by atoms with Crippen LogP contribution in [0.1, 0.15) is 47.0 Å². The van der Waals surface area contributed by atoms with Gasteiger partial charge in [-0.25, -0.2) is 0 Å². The largest absolute Gasteiger partial charge is 0.380 e. The SMILES string of the molecule is CC(C)NCCOCCC(=O)N1CCCC1C(=O)C(C)C. The van der Waals surface area contributed by atoms with Crippen LogP contribution in [0.15, 0.2) is 0 Å². The zero-order valence-electron chi connectivity index (χ0n) is 13.9. The summed E-state index contributed by atoms with van der Waals surface area (Å²) in [6.07, 6.45) is 2.10. The molecule has 1 amide bonds. The van der Waals surface area contributed by atoms with Crippen molar-refractivity contribution in [2.24, 2.45) is 5.92 Å². The standard InChI is InChI=1S/C16H30N2O3/c1-12(2)16(20)14-6-5-9-18(14)15(19)7-10-21-11-8-17-13(3)4/h12-14,17H,5-11H2,1-4H3. The first-order chi connectivity index (χ1) is 9.93. The van der Waals surface area contributed by atoms with E-state index in [0.29, 0.717) is 32.2 Å². The summed E-state index contributed by atoms with van der Waals surface area (Å²) in [7, 11) is 0.